The normalized spacial score (nSPS) is 10.6. The number of benzene rings is 2. The van der Waals surface area contributed by atoms with E-state index >= 15 is 0 Å². The number of amides is 2. The Morgan fingerprint density at radius 1 is 0.971 bits per heavy atom. The Morgan fingerprint density at radius 2 is 1.74 bits per heavy atom. The van der Waals surface area contributed by atoms with Crippen LogP contribution in [-0.4, -0.2) is 34.2 Å². The van der Waals surface area contributed by atoms with Gasteiger partial charge in [0, 0.05) is 5.69 Å². The average molecular weight is 473 g/mol. The molecule has 2 amide bonds. The SMILES string of the molecule is CCOC(=O)c1ccc(NC(=O)c2cnn(-c3ccc(C)c(C)c3)c2NC(=O)c2ccco2)cc1. The molecule has 2 heterocycles. The second kappa shape index (κ2) is 10.1. The molecule has 2 aromatic heterocycles. The number of anilines is 2. The maximum Gasteiger partial charge on any atom is 0.338 e. The van der Waals surface area contributed by atoms with E-state index < -0.39 is 17.8 Å². The van der Waals surface area contributed by atoms with Gasteiger partial charge in [0.2, 0.25) is 0 Å². The van der Waals surface area contributed by atoms with Gasteiger partial charge in [0.1, 0.15) is 11.4 Å². The third kappa shape index (κ3) is 5.14. The van der Waals surface area contributed by atoms with Crippen molar-refractivity contribution >= 4 is 29.3 Å². The first kappa shape index (κ1) is 23.5. The van der Waals surface area contributed by atoms with E-state index in [2.05, 4.69) is 15.7 Å². The number of ether oxygens (including phenoxy) is 1. The molecule has 0 fully saturated rings. The standard InChI is InChI=1S/C26H24N4O5/c1-4-34-26(33)18-8-10-19(11-9-18)28-24(31)21-15-27-30(20-12-7-16(2)17(3)14-20)23(21)29-25(32)22-6-5-13-35-22/h5-15H,4H2,1-3H3,(H,28,31)(H,29,32). The molecular weight excluding hydrogens is 448 g/mol. The fraction of sp³-hybridized carbons (Fsp3) is 0.154. The Labute approximate surface area is 201 Å². The number of rotatable bonds is 7. The molecule has 4 aromatic rings. The van der Waals surface area contributed by atoms with Crippen LogP contribution in [0.25, 0.3) is 5.69 Å². The quantitative estimate of drug-likeness (QED) is 0.375. The molecule has 0 spiro atoms. The van der Waals surface area contributed by atoms with Crippen LogP contribution in [0.3, 0.4) is 0 Å². The highest BCUT2D eigenvalue weighted by molar-refractivity contribution is 6.11. The fourth-order valence-electron chi connectivity index (χ4n) is 3.37. The third-order valence-electron chi connectivity index (χ3n) is 5.38. The summed E-state index contributed by atoms with van der Waals surface area (Å²) in [6.45, 7) is 5.96. The van der Waals surface area contributed by atoms with Crippen LogP contribution in [-0.2, 0) is 4.74 Å². The summed E-state index contributed by atoms with van der Waals surface area (Å²) >= 11 is 0. The molecule has 0 unspecified atom stereocenters. The Morgan fingerprint density at radius 3 is 2.40 bits per heavy atom. The minimum atomic E-state index is -0.520. The number of esters is 1. The van der Waals surface area contributed by atoms with Gasteiger partial charge in [0.25, 0.3) is 11.8 Å². The number of carbonyl (C=O) groups is 3. The predicted octanol–water partition coefficient (Wildman–Crippen LogP) is 4.76. The summed E-state index contributed by atoms with van der Waals surface area (Å²) in [5, 5.41) is 9.88. The molecule has 2 aromatic carbocycles. The molecule has 0 atom stereocenters. The van der Waals surface area contributed by atoms with Gasteiger partial charge >= 0.3 is 5.97 Å². The van der Waals surface area contributed by atoms with Gasteiger partial charge in [-0.15, -0.1) is 0 Å². The van der Waals surface area contributed by atoms with Crippen LogP contribution in [0, 0.1) is 13.8 Å². The van der Waals surface area contributed by atoms with E-state index in [1.807, 2.05) is 32.0 Å². The second-order valence-electron chi connectivity index (χ2n) is 7.77. The largest absolute Gasteiger partial charge is 0.462 e. The zero-order valence-corrected chi connectivity index (χ0v) is 19.5. The summed E-state index contributed by atoms with van der Waals surface area (Å²) in [6.07, 6.45) is 2.78. The lowest BCUT2D eigenvalue weighted by molar-refractivity contribution is 0.0526. The van der Waals surface area contributed by atoms with Crippen LogP contribution in [0.1, 0.15) is 49.3 Å². The molecule has 0 bridgehead atoms. The molecule has 0 radical (unpaired) electrons. The lowest BCUT2D eigenvalue weighted by Crippen LogP contribution is -2.19. The second-order valence-corrected chi connectivity index (χ2v) is 7.77. The van der Waals surface area contributed by atoms with Crippen molar-refractivity contribution in [1.29, 1.82) is 0 Å². The molecule has 0 aliphatic rings. The van der Waals surface area contributed by atoms with Crippen LogP contribution in [0.15, 0.2) is 71.5 Å². The highest BCUT2D eigenvalue weighted by Gasteiger charge is 2.22. The van der Waals surface area contributed by atoms with E-state index in [0.29, 0.717) is 16.9 Å². The highest BCUT2D eigenvalue weighted by atomic mass is 16.5. The Kier molecular flexibility index (Phi) is 6.77. The van der Waals surface area contributed by atoms with Crippen molar-refractivity contribution in [1.82, 2.24) is 9.78 Å². The number of carbonyl (C=O) groups excluding carboxylic acids is 3. The first-order valence-electron chi connectivity index (χ1n) is 11.0. The van der Waals surface area contributed by atoms with E-state index in [1.54, 1.807) is 37.3 Å². The Hall–Kier alpha value is -4.66. The minimum Gasteiger partial charge on any atom is -0.462 e. The summed E-state index contributed by atoms with van der Waals surface area (Å²) in [5.74, 6) is -1.16. The molecule has 0 saturated carbocycles. The number of aromatic nitrogens is 2. The van der Waals surface area contributed by atoms with Crippen molar-refractivity contribution in [3.8, 4) is 5.69 Å². The molecule has 178 valence electrons. The predicted molar refractivity (Wildman–Crippen MR) is 130 cm³/mol. The first-order chi connectivity index (χ1) is 16.9. The Balaban J connectivity index is 1.65. The summed E-state index contributed by atoms with van der Waals surface area (Å²) < 4.78 is 11.7. The topological polar surface area (TPSA) is 115 Å². The third-order valence-corrected chi connectivity index (χ3v) is 5.38. The van der Waals surface area contributed by atoms with Gasteiger partial charge in [-0.25, -0.2) is 9.48 Å². The number of aryl methyl sites for hydroxylation is 2. The zero-order chi connectivity index (χ0) is 24.9. The number of nitrogens with zero attached hydrogens (tertiary/aromatic N) is 2. The van der Waals surface area contributed by atoms with Crippen molar-refractivity contribution in [2.24, 2.45) is 0 Å². The molecule has 35 heavy (non-hydrogen) atoms. The van der Waals surface area contributed by atoms with E-state index in [1.165, 1.54) is 23.2 Å². The summed E-state index contributed by atoms with van der Waals surface area (Å²) in [5.41, 5.74) is 3.81. The number of hydrogen-bond acceptors (Lipinski definition) is 6. The van der Waals surface area contributed by atoms with Crippen LogP contribution >= 0.6 is 0 Å². The van der Waals surface area contributed by atoms with E-state index in [-0.39, 0.29) is 23.7 Å². The smallest absolute Gasteiger partial charge is 0.338 e. The summed E-state index contributed by atoms with van der Waals surface area (Å²) in [7, 11) is 0. The molecular formula is C26H24N4O5. The zero-order valence-electron chi connectivity index (χ0n) is 19.5. The highest BCUT2D eigenvalue weighted by Crippen LogP contribution is 2.24. The number of nitrogens with one attached hydrogen (secondary N) is 2. The van der Waals surface area contributed by atoms with Gasteiger partial charge in [-0.1, -0.05) is 6.07 Å². The molecule has 9 heteroatoms. The van der Waals surface area contributed by atoms with Crippen LogP contribution in [0.5, 0.6) is 0 Å². The maximum absolute atomic E-state index is 13.2. The van der Waals surface area contributed by atoms with Gasteiger partial charge in [-0.3, -0.25) is 9.59 Å². The molecule has 0 saturated heterocycles. The number of furan rings is 1. The van der Waals surface area contributed by atoms with Crippen molar-refractivity contribution < 1.29 is 23.5 Å². The van der Waals surface area contributed by atoms with Gasteiger partial charge in [-0.2, -0.15) is 5.10 Å². The van der Waals surface area contributed by atoms with E-state index in [4.69, 9.17) is 9.15 Å². The maximum atomic E-state index is 13.2. The van der Waals surface area contributed by atoms with Crippen LogP contribution in [0.2, 0.25) is 0 Å². The molecule has 2 N–H and O–H groups in total. The van der Waals surface area contributed by atoms with Gasteiger partial charge in [-0.05, 0) is 80.4 Å². The Bertz CT molecular complexity index is 1370. The molecule has 4 rings (SSSR count). The first-order valence-corrected chi connectivity index (χ1v) is 11.0. The monoisotopic (exact) mass is 472 g/mol. The van der Waals surface area contributed by atoms with E-state index in [9.17, 15) is 14.4 Å². The number of hydrogen-bond donors (Lipinski definition) is 2. The van der Waals surface area contributed by atoms with Crippen LogP contribution < -0.4 is 10.6 Å². The molecule has 9 nitrogen and oxygen atoms in total. The summed E-state index contributed by atoms with van der Waals surface area (Å²) in [6, 6.07) is 15.2. The fourth-order valence-corrected chi connectivity index (χ4v) is 3.37. The minimum absolute atomic E-state index is 0.0961. The van der Waals surface area contributed by atoms with Crippen LogP contribution in [0.4, 0.5) is 11.5 Å². The van der Waals surface area contributed by atoms with E-state index in [0.717, 1.165) is 11.1 Å². The molecule has 0 aliphatic heterocycles. The lowest BCUT2D eigenvalue weighted by atomic mass is 10.1. The van der Waals surface area contributed by atoms with Gasteiger partial charge in [0.15, 0.2) is 5.76 Å². The van der Waals surface area contributed by atoms with Crippen molar-refractivity contribution in [2.45, 2.75) is 20.8 Å². The summed E-state index contributed by atoms with van der Waals surface area (Å²) in [4.78, 5) is 37.8. The van der Waals surface area contributed by atoms with Crippen molar-refractivity contribution in [3.63, 3.8) is 0 Å². The van der Waals surface area contributed by atoms with Crippen molar-refractivity contribution in [3.05, 3.63) is 95.1 Å². The molecule has 0 aliphatic carbocycles. The lowest BCUT2D eigenvalue weighted by Gasteiger charge is -2.12. The average Bonchev–Trinajstić information content (AvgIpc) is 3.52. The van der Waals surface area contributed by atoms with Crippen molar-refractivity contribution in [2.75, 3.05) is 17.2 Å². The van der Waals surface area contributed by atoms with Gasteiger partial charge in [0.05, 0.1) is 30.3 Å². The van der Waals surface area contributed by atoms with Gasteiger partial charge < -0.3 is 19.8 Å².